The molecule has 1 saturated heterocycles. The summed E-state index contributed by atoms with van der Waals surface area (Å²) in [4.78, 5) is 2.87. The van der Waals surface area contributed by atoms with Gasteiger partial charge >= 0.3 is 0 Å². The first-order valence-corrected chi connectivity index (χ1v) is 8.61. The van der Waals surface area contributed by atoms with E-state index in [2.05, 4.69) is 37.9 Å². The van der Waals surface area contributed by atoms with E-state index >= 15 is 0 Å². The zero-order valence-corrected chi connectivity index (χ0v) is 13.6. The first-order chi connectivity index (χ1) is 9.09. The molecule has 0 bridgehead atoms. The highest BCUT2D eigenvalue weighted by molar-refractivity contribution is 5.05. The molecule has 1 atom stereocenters. The van der Waals surface area contributed by atoms with Crippen molar-refractivity contribution in [3.05, 3.63) is 0 Å². The van der Waals surface area contributed by atoms with Crippen molar-refractivity contribution in [3.8, 4) is 0 Å². The highest BCUT2D eigenvalue weighted by Gasteiger charge is 2.46. The Labute approximate surface area is 120 Å². The molecule has 19 heavy (non-hydrogen) atoms. The van der Waals surface area contributed by atoms with Crippen LogP contribution in [0.2, 0.25) is 0 Å². The second kappa shape index (κ2) is 6.13. The molecule has 112 valence electrons. The fourth-order valence-corrected chi connectivity index (χ4v) is 4.24. The van der Waals surface area contributed by atoms with Gasteiger partial charge in [-0.1, -0.05) is 40.0 Å². The third kappa shape index (κ3) is 3.00. The quantitative estimate of drug-likeness (QED) is 0.829. The van der Waals surface area contributed by atoms with Crippen molar-refractivity contribution >= 4 is 0 Å². The van der Waals surface area contributed by atoms with Crippen molar-refractivity contribution in [1.29, 1.82) is 0 Å². The summed E-state index contributed by atoms with van der Waals surface area (Å²) in [6.07, 6.45) is 10.9. The first kappa shape index (κ1) is 15.3. The fourth-order valence-electron chi connectivity index (χ4n) is 4.24. The molecule has 0 aromatic carbocycles. The van der Waals surface area contributed by atoms with Crippen molar-refractivity contribution < 1.29 is 0 Å². The molecule has 1 N–H and O–H groups in total. The van der Waals surface area contributed by atoms with E-state index in [-0.39, 0.29) is 0 Å². The van der Waals surface area contributed by atoms with E-state index < -0.39 is 0 Å². The molecule has 1 heterocycles. The number of nitrogens with zero attached hydrogens (tertiary/aromatic N) is 1. The molecule has 2 aliphatic rings. The molecule has 0 radical (unpaired) electrons. The van der Waals surface area contributed by atoms with Gasteiger partial charge in [0.1, 0.15) is 0 Å². The highest BCUT2D eigenvalue weighted by Crippen LogP contribution is 2.37. The minimum atomic E-state index is 0.360. The summed E-state index contributed by atoms with van der Waals surface area (Å²) < 4.78 is 0. The maximum Gasteiger partial charge on any atom is 0.0309 e. The van der Waals surface area contributed by atoms with Gasteiger partial charge in [-0.15, -0.1) is 0 Å². The molecule has 2 rings (SSSR count). The van der Waals surface area contributed by atoms with Gasteiger partial charge in [0.2, 0.25) is 0 Å². The van der Waals surface area contributed by atoms with Gasteiger partial charge in [0.05, 0.1) is 0 Å². The zero-order chi connectivity index (χ0) is 13.9. The van der Waals surface area contributed by atoms with Gasteiger partial charge < -0.3 is 5.32 Å². The summed E-state index contributed by atoms with van der Waals surface area (Å²) in [5, 5.41) is 3.97. The zero-order valence-electron chi connectivity index (χ0n) is 13.6. The Morgan fingerprint density at radius 1 is 1.05 bits per heavy atom. The third-order valence-electron chi connectivity index (χ3n) is 5.97. The van der Waals surface area contributed by atoms with Crippen LogP contribution in [0, 0.1) is 0 Å². The maximum atomic E-state index is 3.97. The first-order valence-electron chi connectivity index (χ1n) is 8.61. The molecule has 1 aliphatic carbocycles. The molecule has 2 fully saturated rings. The Morgan fingerprint density at radius 2 is 1.68 bits per heavy atom. The average Bonchev–Trinajstić information content (AvgIpc) is 2.45. The van der Waals surface area contributed by atoms with Gasteiger partial charge in [-0.2, -0.15) is 0 Å². The van der Waals surface area contributed by atoms with Gasteiger partial charge in [-0.25, -0.2) is 0 Å². The number of hydrogen-bond donors (Lipinski definition) is 1. The Balaban J connectivity index is 2.17. The van der Waals surface area contributed by atoms with E-state index in [1.807, 2.05) is 0 Å². The van der Waals surface area contributed by atoms with Crippen LogP contribution < -0.4 is 5.32 Å². The molecular formula is C17H34N2. The Bertz CT molecular complexity index is 279. The van der Waals surface area contributed by atoms with Crippen molar-refractivity contribution in [3.63, 3.8) is 0 Å². The molecule has 0 amide bonds. The molecule has 2 nitrogen and oxygen atoms in total. The largest absolute Gasteiger partial charge is 0.308 e. The summed E-state index contributed by atoms with van der Waals surface area (Å²) >= 11 is 0. The second-order valence-electron chi connectivity index (χ2n) is 7.14. The second-order valence-corrected chi connectivity index (χ2v) is 7.14. The SMILES string of the molecule is CCC(CC)N1CC2(CCCCC2)NCC1(C)CC. The number of piperazine rings is 1. The normalized spacial score (nSPS) is 32.1. The molecule has 1 unspecified atom stereocenters. The van der Waals surface area contributed by atoms with E-state index in [9.17, 15) is 0 Å². The maximum absolute atomic E-state index is 3.97. The number of hydrogen-bond acceptors (Lipinski definition) is 2. The number of nitrogens with one attached hydrogen (secondary N) is 1. The minimum Gasteiger partial charge on any atom is -0.308 e. The lowest BCUT2D eigenvalue weighted by molar-refractivity contribution is -0.0331. The van der Waals surface area contributed by atoms with Gasteiger partial charge in [0.15, 0.2) is 0 Å². The van der Waals surface area contributed by atoms with Crippen LogP contribution in [0.3, 0.4) is 0 Å². The smallest absolute Gasteiger partial charge is 0.0309 e. The summed E-state index contributed by atoms with van der Waals surface area (Å²) in [5.41, 5.74) is 0.800. The van der Waals surface area contributed by atoms with E-state index in [1.165, 1.54) is 64.5 Å². The van der Waals surface area contributed by atoms with E-state index in [0.717, 1.165) is 6.04 Å². The Hall–Kier alpha value is -0.0800. The summed E-state index contributed by atoms with van der Waals surface area (Å²) in [6.45, 7) is 12.0. The lowest BCUT2D eigenvalue weighted by Crippen LogP contribution is -2.71. The van der Waals surface area contributed by atoms with Gasteiger partial charge in [0, 0.05) is 30.2 Å². The van der Waals surface area contributed by atoms with Crippen LogP contribution in [-0.2, 0) is 0 Å². The topological polar surface area (TPSA) is 15.3 Å². The van der Waals surface area contributed by atoms with E-state index in [0.29, 0.717) is 11.1 Å². The summed E-state index contributed by atoms with van der Waals surface area (Å²) in [7, 11) is 0. The van der Waals surface area contributed by atoms with Crippen molar-refractivity contribution in [1.82, 2.24) is 10.2 Å². The Morgan fingerprint density at radius 3 is 2.21 bits per heavy atom. The van der Waals surface area contributed by atoms with Crippen LogP contribution in [0.4, 0.5) is 0 Å². The van der Waals surface area contributed by atoms with Crippen LogP contribution in [-0.4, -0.2) is 35.1 Å². The molecule has 1 aliphatic heterocycles. The third-order valence-corrected chi connectivity index (χ3v) is 5.97. The lowest BCUT2D eigenvalue weighted by atomic mass is 9.76. The highest BCUT2D eigenvalue weighted by atomic mass is 15.3. The molecule has 1 saturated carbocycles. The molecule has 0 aromatic rings. The van der Waals surface area contributed by atoms with Crippen LogP contribution in [0.5, 0.6) is 0 Å². The van der Waals surface area contributed by atoms with E-state index in [4.69, 9.17) is 0 Å². The van der Waals surface area contributed by atoms with Crippen molar-refractivity contribution in [2.75, 3.05) is 13.1 Å². The molecule has 1 spiro atoms. The van der Waals surface area contributed by atoms with Gasteiger partial charge in [-0.3, -0.25) is 4.90 Å². The van der Waals surface area contributed by atoms with Crippen molar-refractivity contribution in [2.24, 2.45) is 0 Å². The molecular weight excluding hydrogens is 232 g/mol. The minimum absolute atomic E-state index is 0.360. The molecule has 2 heteroatoms. The van der Waals surface area contributed by atoms with Gasteiger partial charge in [0.25, 0.3) is 0 Å². The van der Waals surface area contributed by atoms with Crippen LogP contribution in [0.1, 0.15) is 79.1 Å². The number of rotatable bonds is 4. The van der Waals surface area contributed by atoms with E-state index in [1.54, 1.807) is 0 Å². The van der Waals surface area contributed by atoms with Crippen molar-refractivity contribution in [2.45, 2.75) is 96.2 Å². The average molecular weight is 266 g/mol. The Kier molecular flexibility index (Phi) is 4.94. The van der Waals surface area contributed by atoms with Gasteiger partial charge in [-0.05, 0) is 39.0 Å². The fraction of sp³-hybridized carbons (Fsp3) is 1.00. The monoisotopic (exact) mass is 266 g/mol. The molecule has 0 aromatic heterocycles. The predicted octanol–water partition coefficient (Wildman–Crippen LogP) is 3.95. The van der Waals surface area contributed by atoms with Crippen LogP contribution >= 0.6 is 0 Å². The van der Waals surface area contributed by atoms with Crippen LogP contribution in [0.15, 0.2) is 0 Å². The summed E-state index contributed by atoms with van der Waals surface area (Å²) in [5.74, 6) is 0. The van der Waals surface area contributed by atoms with Crippen LogP contribution in [0.25, 0.3) is 0 Å². The summed E-state index contributed by atoms with van der Waals surface area (Å²) in [6, 6.07) is 0.769. The lowest BCUT2D eigenvalue weighted by Gasteiger charge is -2.57. The standard InChI is InChI=1S/C17H34N2/c1-5-15(6-2)19-14-17(11-9-8-10-12-17)18-13-16(19,4)7-3/h15,18H,5-14H2,1-4H3. The predicted molar refractivity (Wildman–Crippen MR) is 83.6 cm³/mol.